The van der Waals surface area contributed by atoms with E-state index in [0.29, 0.717) is 5.69 Å². The Morgan fingerprint density at radius 1 is 1.29 bits per heavy atom. The second kappa shape index (κ2) is 5.49. The average molecular weight is 306 g/mol. The number of nitrogen functional groups attached to an aromatic ring is 1. The molecule has 1 heterocycles. The van der Waals surface area contributed by atoms with Gasteiger partial charge in [0.05, 0.1) is 4.90 Å². The van der Waals surface area contributed by atoms with E-state index >= 15 is 0 Å². The summed E-state index contributed by atoms with van der Waals surface area (Å²) in [6.07, 6.45) is 1.11. The number of aromatic nitrogens is 2. The third-order valence-electron chi connectivity index (χ3n) is 2.55. The molecule has 2 rings (SSSR count). The molecule has 0 atom stereocenters. The van der Waals surface area contributed by atoms with Gasteiger partial charge in [0.25, 0.3) is 0 Å². The van der Waals surface area contributed by atoms with Gasteiger partial charge in [0, 0.05) is 11.9 Å². The van der Waals surface area contributed by atoms with Crippen LogP contribution in [0.15, 0.2) is 35.2 Å². The fraction of sp³-hybridized carbons (Fsp3) is 0.154. The molecule has 0 spiro atoms. The van der Waals surface area contributed by atoms with Crippen LogP contribution in [-0.2, 0) is 9.84 Å². The van der Waals surface area contributed by atoms with Gasteiger partial charge < -0.3 is 10.5 Å². The monoisotopic (exact) mass is 306 g/mol. The molecule has 0 aliphatic rings. The number of sulfone groups is 1. The predicted molar refractivity (Wildman–Crippen MR) is 77.4 cm³/mol. The Morgan fingerprint density at radius 3 is 2.62 bits per heavy atom. The Balaban J connectivity index is 2.37. The molecule has 21 heavy (non-hydrogen) atoms. The molecule has 0 saturated carbocycles. The molecular formula is C13H14N4O3S. The minimum absolute atomic E-state index is 0.00542. The van der Waals surface area contributed by atoms with Crippen LogP contribution in [-0.4, -0.2) is 30.5 Å². The number of nitrogens with zero attached hydrogens (tertiary/aromatic N) is 2. The Bertz CT molecular complexity index is 803. The summed E-state index contributed by atoms with van der Waals surface area (Å²) in [6.45, 7) is 1.72. The summed E-state index contributed by atoms with van der Waals surface area (Å²) in [5, 5.41) is 7.38. The lowest BCUT2D eigenvalue weighted by Gasteiger charge is -2.07. The van der Waals surface area contributed by atoms with Crippen LogP contribution in [0.2, 0.25) is 0 Å². The molecule has 110 valence electrons. The Labute approximate surface area is 122 Å². The highest BCUT2D eigenvalue weighted by atomic mass is 32.2. The molecule has 7 nitrogen and oxygen atoms in total. The third kappa shape index (κ3) is 3.76. The maximum atomic E-state index is 11.5. The number of rotatable bonds is 4. The summed E-state index contributed by atoms with van der Waals surface area (Å²) in [6, 6.07) is 7.57. The minimum Gasteiger partial charge on any atom is -0.424 e. The standard InChI is InChI=1S/C13H14N4O3S/c1-8-6-11(12(14)15)17-13(16-8)20-9-4-3-5-10(7-9)21(2,18)19/h3-7H,1-2H3,(H3,14,15). The second-order valence-electron chi connectivity index (χ2n) is 4.44. The van der Waals surface area contributed by atoms with E-state index in [9.17, 15) is 8.42 Å². The van der Waals surface area contributed by atoms with Crippen molar-refractivity contribution in [3.05, 3.63) is 41.7 Å². The molecule has 1 aromatic carbocycles. The molecule has 1 aromatic heterocycles. The molecule has 8 heteroatoms. The maximum Gasteiger partial charge on any atom is 0.322 e. The van der Waals surface area contributed by atoms with Crippen molar-refractivity contribution >= 4 is 15.7 Å². The van der Waals surface area contributed by atoms with Crippen molar-refractivity contribution in [2.75, 3.05) is 6.26 Å². The minimum atomic E-state index is -3.32. The number of aryl methyl sites for hydroxylation is 1. The largest absolute Gasteiger partial charge is 0.424 e. The maximum absolute atomic E-state index is 11.5. The van der Waals surface area contributed by atoms with E-state index in [2.05, 4.69) is 9.97 Å². The average Bonchev–Trinajstić information content (AvgIpc) is 2.37. The fourth-order valence-electron chi connectivity index (χ4n) is 1.60. The molecular weight excluding hydrogens is 292 g/mol. The highest BCUT2D eigenvalue weighted by Gasteiger charge is 2.10. The van der Waals surface area contributed by atoms with Gasteiger partial charge in [-0.1, -0.05) is 6.07 Å². The van der Waals surface area contributed by atoms with Gasteiger partial charge in [0.15, 0.2) is 9.84 Å². The molecule has 3 N–H and O–H groups in total. The first-order valence-corrected chi connectivity index (χ1v) is 7.83. The topological polar surface area (TPSA) is 119 Å². The Morgan fingerprint density at radius 2 is 2.00 bits per heavy atom. The molecule has 0 aliphatic heterocycles. The zero-order valence-electron chi connectivity index (χ0n) is 11.5. The normalized spacial score (nSPS) is 11.1. The van der Waals surface area contributed by atoms with Gasteiger partial charge in [-0.15, -0.1) is 0 Å². The van der Waals surface area contributed by atoms with Crippen molar-refractivity contribution in [1.29, 1.82) is 5.41 Å². The van der Waals surface area contributed by atoms with E-state index in [4.69, 9.17) is 15.9 Å². The zero-order valence-corrected chi connectivity index (χ0v) is 12.3. The zero-order chi connectivity index (χ0) is 15.6. The summed E-state index contributed by atoms with van der Waals surface area (Å²) in [4.78, 5) is 8.19. The number of benzene rings is 1. The van der Waals surface area contributed by atoms with Crippen LogP contribution in [0.1, 0.15) is 11.4 Å². The molecule has 0 saturated heterocycles. The molecule has 0 aliphatic carbocycles. The lowest BCUT2D eigenvalue weighted by Crippen LogP contribution is -2.14. The van der Waals surface area contributed by atoms with Crippen molar-refractivity contribution in [3.63, 3.8) is 0 Å². The van der Waals surface area contributed by atoms with E-state index < -0.39 is 9.84 Å². The number of ether oxygens (including phenoxy) is 1. The van der Waals surface area contributed by atoms with Crippen molar-refractivity contribution in [2.45, 2.75) is 11.8 Å². The van der Waals surface area contributed by atoms with Crippen LogP contribution >= 0.6 is 0 Å². The first-order chi connectivity index (χ1) is 9.75. The smallest absolute Gasteiger partial charge is 0.322 e. The van der Waals surface area contributed by atoms with Crippen LogP contribution in [0.25, 0.3) is 0 Å². The number of nitrogens with two attached hydrogens (primary N) is 1. The lowest BCUT2D eigenvalue weighted by molar-refractivity contribution is 0.438. The van der Waals surface area contributed by atoms with Gasteiger partial charge in [0.1, 0.15) is 17.3 Å². The Hall–Kier alpha value is -2.48. The highest BCUT2D eigenvalue weighted by Crippen LogP contribution is 2.22. The van der Waals surface area contributed by atoms with Crippen molar-refractivity contribution in [3.8, 4) is 11.8 Å². The van der Waals surface area contributed by atoms with E-state index in [1.807, 2.05) is 0 Å². The van der Waals surface area contributed by atoms with E-state index in [0.717, 1.165) is 6.26 Å². The van der Waals surface area contributed by atoms with Crippen LogP contribution in [0.4, 0.5) is 0 Å². The van der Waals surface area contributed by atoms with Gasteiger partial charge in [-0.2, -0.15) is 4.98 Å². The molecule has 2 aromatic rings. The van der Waals surface area contributed by atoms with E-state index in [1.54, 1.807) is 25.1 Å². The van der Waals surface area contributed by atoms with E-state index in [-0.39, 0.29) is 28.2 Å². The molecule has 0 fully saturated rings. The van der Waals surface area contributed by atoms with Gasteiger partial charge in [-0.25, -0.2) is 13.4 Å². The van der Waals surface area contributed by atoms with Crippen molar-refractivity contribution in [1.82, 2.24) is 9.97 Å². The van der Waals surface area contributed by atoms with Crippen LogP contribution < -0.4 is 10.5 Å². The van der Waals surface area contributed by atoms with Gasteiger partial charge in [0.2, 0.25) is 0 Å². The van der Waals surface area contributed by atoms with Gasteiger partial charge in [-0.3, -0.25) is 5.41 Å². The second-order valence-corrected chi connectivity index (χ2v) is 6.46. The number of hydrogen-bond donors (Lipinski definition) is 2. The number of nitrogens with one attached hydrogen (secondary N) is 1. The Kier molecular flexibility index (Phi) is 3.90. The molecule has 0 radical (unpaired) electrons. The summed E-state index contributed by atoms with van der Waals surface area (Å²) >= 11 is 0. The first kappa shape index (κ1) is 14.9. The highest BCUT2D eigenvalue weighted by molar-refractivity contribution is 7.90. The summed E-state index contributed by atoms with van der Waals surface area (Å²) < 4.78 is 28.5. The predicted octanol–water partition coefficient (Wildman–Crippen LogP) is 1.26. The quantitative estimate of drug-likeness (QED) is 0.648. The number of amidine groups is 1. The van der Waals surface area contributed by atoms with Gasteiger partial charge in [-0.05, 0) is 31.2 Å². The van der Waals surface area contributed by atoms with Crippen LogP contribution in [0.5, 0.6) is 11.8 Å². The summed E-state index contributed by atoms with van der Waals surface area (Å²) in [5.74, 6) is 0.0910. The van der Waals surface area contributed by atoms with Crippen LogP contribution in [0.3, 0.4) is 0 Å². The van der Waals surface area contributed by atoms with Crippen molar-refractivity contribution in [2.24, 2.45) is 5.73 Å². The van der Waals surface area contributed by atoms with Gasteiger partial charge >= 0.3 is 6.01 Å². The summed E-state index contributed by atoms with van der Waals surface area (Å²) in [5.41, 5.74) is 6.22. The molecule has 0 amide bonds. The van der Waals surface area contributed by atoms with Crippen LogP contribution in [0, 0.1) is 12.3 Å². The fourth-order valence-corrected chi connectivity index (χ4v) is 2.25. The molecule has 0 unspecified atom stereocenters. The van der Waals surface area contributed by atoms with E-state index in [1.165, 1.54) is 12.1 Å². The summed E-state index contributed by atoms with van der Waals surface area (Å²) in [7, 11) is -3.32. The molecule has 0 bridgehead atoms. The first-order valence-electron chi connectivity index (χ1n) is 5.94. The van der Waals surface area contributed by atoms with Crippen molar-refractivity contribution < 1.29 is 13.2 Å². The lowest BCUT2D eigenvalue weighted by atomic mass is 10.3. The number of hydrogen-bond acceptors (Lipinski definition) is 6. The third-order valence-corrected chi connectivity index (χ3v) is 3.66. The SMILES string of the molecule is Cc1cc(C(=N)N)nc(Oc2cccc(S(C)(=O)=O)c2)n1.